The molecule has 3 heteroatoms. The summed E-state index contributed by atoms with van der Waals surface area (Å²) >= 11 is 0. The van der Waals surface area contributed by atoms with Gasteiger partial charge in [-0.1, -0.05) is 30.3 Å². The molecule has 0 aliphatic rings. The number of hydrogen-bond acceptors (Lipinski definition) is 3. The first-order chi connectivity index (χ1) is 6.66. The first-order valence-corrected chi connectivity index (χ1v) is 4.32. The summed E-state index contributed by atoms with van der Waals surface area (Å²) in [7, 11) is 3.43. The lowest BCUT2D eigenvalue weighted by Crippen LogP contribution is -2.34. The second kappa shape index (κ2) is 4.54. The number of hydrogen-bond donors (Lipinski definition) is 0. The molecule has 0 aromatic heterocycles. The van der Waals surface area contributed by atoms with Gasteiger partial charge in [0.1, 0.15) is 0 Å². The fourth-order valence-electron chi connectivity index (χ4n) is 1.17. The maximum Gasteiger partial charge on any atom is 0.194 e. The minimum absolute atomic E-state index is 0.155. The number of ketones is 1. The SMILES string of the molecule is CN(C)[C@H](C#N)C(=O)c1ccccc1. The number of rotatable bonds is 3. The van der Waals surface area contributed by atoms with E-state index >= 15 is 0 Å². The summed E-state index contributed by atoms with van der Waals surface area (Å²) in [6.45, 7) is 0. The number of benzene rings is 1. The molecule has 0 bridgehead atoms. The summed E-state index contributed by atoms with van der Waals surface area (Å²) in [4.78, 5) is 13.4. The van der Waals surface area contributed by atoms with Gasteiger partial charge < -0.3 is 0 Å². The van der Waals surface area contributed by atoms with E-state index in [1.165, 1.54) is 0 Å². The zero-order valence-corrected chi connectivity index (χ0v) is 8.27. The summed E-state index contributed by atoms with van der Waals surface area (Å²) in [5.74, 6) is -0.155. The van der Waals surface area contributed by atoms with Crippen molar-refractivity contribution in [1.29, 1.82) is 5.26 Å². The summed E-state index contributed by atoms with van der Waals surface area (Å²) in [6.07, 6.45) is 0. The minimum Gasteiger partial charge on any atom is -0.291 e. The summed E-state index contributed by atoms with van der Waals surface area (Å²) in [6, 6.07) is 10.1. The molecule has 0 N–H and O–H groups in total. The fraction of sp³-hybridized carbons (Fsp3) is 0.273. The van der Waals surface area contributed by atoms with Crippen molar-refractivity contribution in [3.8, 4) is 6.07 Å². The van der Waals surface area contributed by atoms with Crippen molar-refractivity contribution in [3.05, 3.63) is 35.9 Å². The van der Waals surface area contributed by atoms with E-state index in [-0.39, 0.29) is 5.78 Å². The van der Waals surface area contributed by atoms with E-state index in [4.69, 9.17) is 5.26 Å². The third-order valence-electron chi connectivity index (χ3n) is 1.95. The van der Waals surface area contributed by atoms with Gasteiger partial charge in [0.2, 0.25) is 0 Å². The number of Topliss-reactive ketones (excluding diaryl/α,β-unsaturated/α-hetero) is 1. The Morgan fingerprint density at radius 1 is 1.36 bits per heavy atom. The molecule has 0 radical (unpaired) electrons. The first kappa shape index (κ1) is 10.4. The molecule has 1 aromatic carbocycles. The summed E-state index contributed by atoms with van der Waals surface area (Å²) in [5.41, 5.74) is 0.577. The Morgan fingerprint density at radius 3 is 2.36 bits per heavy atom. The van der Waals surface area contributed by atoms with E-state index in [2.05, 4.69) is 0 Å². The number of carbonyl (C=O) groups excluding carboxylic acids is 1. The average molecular weight is 188 g/mol. The van der Waals surface area contributed by atoms with Gasteiger partial charge in [-0.15, -0.1) is 0 Å². The van der Waals surface area contributed by atoms with Gasteiger partial charge >= 0.3 is 0 Å². The van der Waals surface area contributed by atoms with Crippen LogP contribution < -0.4 is 0 Å². The molecule has 0 heterocycles. The van der Waals surface area contributed by atoms with Gasteiger partial charge in [0, 0.05) is 5.56 Å². The molecular weight excluding hydrogens is 176 g/mol. The standard InChI is InChI=1S/C11H12N2O/c1-13(2)10(8-12)11(14)9-6-4-3-5-7-9/h3-7,10H,1-2H3/t10-/m1/s1. The van der Waals surface area contributed by atoms with Crippen LogP contribution in [-0.2, 0) is 0 Å². The molecule has 0 saturated carbocycles. The van der Waals surface area contributed by atoms with E-state index in [0.717, 1.165) is 0 Å². The molecule has 72 valence electrons. The van der Waals surface area contributed by atoms with Gasteiger partial charge in [-0.2, -0.15) is 5.26 Å². The lowest BCUT2D eigenvalue weighted by Gasteiger charge is -2.15. The normalized spacial score (nSPS) is 12.1. The maximum atomic E-state index is 11.8. The average Bonchev–Trinajstić information content (AvgIpc) is 2.19. The highest BCUT2D eigenvalue weighted by Gasteiger charge is 2.20. The van der Waals surface area contributed by atoms with E-state index < -0.39 is 6.04 Å². The van der Waals surface area contributed by atoms with Gasteiger partial charge in [-0.3, -0.25) is 9.69 Å². The number of nitrogens with zero attached hydrogens (tertiary/aromatic N) is 2. The smallest absolute Gasteiger partial charge is 0.194 e. The predicted molar refractivity (Wildman–Crippen MR) is 53.9 cm³/mol. The van der Waals surface area contributed by atoms with Crippen LogP contribution in [0, 0.1) is 11.3 Å². The second-order valence-corrected chi connectivity index (χ2v) is 3.23. The van der Waals surface area contributed by atoms with Crippen molar-refractivity contribution >= 4 is 5.78 Å². The molecule has 0 aliphatic heterocycles. The van der Waals surface area contributed by atoms with E-state index in [1.54, 1.807) is 43.3 Å². The van der Waals surface area contributed by atoms with E-state index in [9.17, 15) is 4.79 Å². The van der Waals surface area contributed by atoms with Crippen LogP contribution in [0.1, 0.15) is 10.4 Å². The van der Waals surface area contributed by atoms with Crippen molar-refractivity contribution in [2.24, 2.45) is 0 Å². The van der Waals surface area contributed by atoms with Gasteiger partial charge in [-0.05, 0) is 14.1 Å². The Morgan fingerprint density at radius 2 is 1.93 bits per heavy atom. The van der Waals surface area contributed by atoms with Crippen LogP contribution in [0.15, 0.2) is 30.3 Å². The monoisotopic (exact) mass is 188 g/mol. The lowest BCUT2D eigenvalue weighted by molar-refractivity contribution is 0.0917. The topological polar surface area (TPSA) is 44.1 Å². The largest absolute Gasteiger partial charge is 0.291 e. The van der Waals surface area contributed by atoms with Gasteiger partial charge in [-0.25, -0.2) is 0 Å². The third kappa shape index (κ3) is 2.18. The van der Waals surface area contributed by atoms with Crippen LogP contribution in [0.3, 0.4) is 0 Å². The molecule has 1 rings (SSSR count). The van der Waals surface area contributed by atoms with Crippen LogP contribution in [0.25, 0.3) is 0 Å². The van der Waals surface area contributed by atoms with Gasteiger partial charge in [0.05, 0.1) is 6.07 Å². The molecule has 14 heavy (non-hydrogen) atoms. The van der Waals surface area contributed by atoms with Crippen molar-refractivity contribution in [3.63, 3.8) is 0 Å². The Balaban J connectivity index is 2.91. The number of carbonyl (C=O) groups is 1. The zero-order valence-electron chi connectivity index (χ0n) is 8.27. The van der Waals surface area contributed by atoms with Gasteiger partial charge in [0.25, 0.3) is 0 Å². The lowest BCUT2D eigenvalue weighted by atomic mass is 10.0. The molecule has 0 fully saturated rings. The second-order valence-electron chi connectivity index (χ2n) is 3.23. The molecule has 0 aliphatic carbocycles. The van der Waals surface area contributed by atoms with Crippen LogP contribution >= 0.6 is 0 Å². The van der Waals surface area contributed by atoms with Crippen LogP contribution in [0.4, 0.5) is 0 Å². The molecule has 0 amide bonds. The Bertz CT molecular complexity index is 351. The van der Waals surface area contributed by atoms with Crippen LogP contribution in [-0.4, -0.2) is 30.8 Å². The highest BCUT2D eigenvalue weighted by atomic mass is 16.1. The van der Waals surface area contributed by atoms with Crippen molar-refractivity contribution < 1.29 is 4.79 Å². The summed E-state index contributed by atoms with van der Waals surface area (Å²) < 4.78 is 0. The number of likely N-dealkylation sites (N-methyl/N-ethyl adjacent to an activating group) is 1. The van der Waals surface area contributed by atoms with Crippen molar-refractivity contribution in [2.75, 3.05) is 14.1 Å². The van der Waals surface area contributed by atoms with E-state index in [1.807, 2.05) is 12.1 Å². The predicted octanol–water partition coefficient (Wildman–Crippen LogP) is 1.32. The van der Waals surface area contributed by atoms with Crippen LogP contribution in [0.5, 0.6) is 0 Å². The molecule has 3 nitrogen and oxygen atoms in total. The Hall–Kier alpha value is -1.66. The van der Waals surface area contributed by atoms with Crippen LogP contribution in [0.2, 0.25) is 0 Å². The Kier molecular flexibility index (Phi) is 3.38. The maximum absolute atomic E-state index is 11.8. The minimum atomic E-state index is -0.697. The first-order valence-electron chi connectivity index (χ1n) is 4.32. The molecule has 1 aromatic rings. The molecular formula is C11H12N2O. The molecule has 0 unspecified atom stereocenters. The van der Waals surface area contributed by atoms with Crippen molar-refractivity contribution in [2.45, 2.75) is 6.04 Å². The highest BCUT2D eigenvalue weighted by Crippen LogP contribution is 2.05. The Labute approximate surface area is 83.6 Å². The van der Waals surface area contributed by atoms with E-state index in [0.29, 0.717) is 5.56 Å². The zero-order chi connectivity index (χ0) is 10.6. The third-order valence-corrected chi connectivity index (χ3v) is 1.95. The summed E-state index contributed by atoms with van der Waals surface area (Å²) in [5, 5.41) is 8.82. The quantitative estimate of drug-likeness (QED) is 0.672. The van der Waals surface area contributed by atoms with Gasteiger partial charge in [0.15, 0.2) is 11.8 Å². The fourth-order valence-corrected chi connectivity index (χ4v) is 1.17. The molecule has 0 saturated heterocycles. The number of nitriles is 1. The molecule has 1 atom stereocenters. The highest BCUT2D eigenvalue weighted by molar-refractivity contribution is 6.01. The molecule has 0 spiro atoms. The van der Waals surface area contributed by atoms with Crippen molar-refractivity contribution in [1.82, 2.24) is 4.90 Å².